The van der Waals surface area contributed by atoms with Crippen LogP contribution in [0.25, 0.3) is 0 Å². The van der Waals surface area contributed by atoms with Gasteiger partial charge in [0.15, 0.2) is 0 Å². The van der Waals surface area contributed by atoms with Crippen molar-refractivity contribution in [1.82, 2.24) is 4.90 Å². The van der Waals surface area contributed by atoms with Crippen LogP contribution in [-0.2, 0) is 4.74 Å². The van der Waals surface area contributed by atoms with Crippen LogP contribution in [0, 0.1) is 5.92 Å². The van der Waals surface area contributed by atoms with Crippen molar-refractivity contribution in [3.63, 3.8) is 0 Å². The number of hydrogen-bond acceptors (Lipinski definition) is 3. The van der Waals surface area contributed by atoms with Gasteiger partial charge < -0.3 is 9.64 Å². The molecule has 108 valence electrons. The van der Waals surface area contributed by atoms with E-state index in [-0.39, 0.29) is 11.7 Å². The SMILES string of the molecule is C1=CN=CC1.CC[C@@H]1CCN(C(=O)OC(C)(C)C)C1. The Bertz CT molecular complexity index is 333. The molecular weight excluding hydrogens is 240 g/mol. The molecule has 4 heteroatoms. The first kappa shape index (κ1) is 15.7. The molecule has 0 radical (unpaired) electrons. The van der Waals surface area contributed by atoms with Gasteiger partial charge in [0, 0.05) is 31.9 Å². The third-order valence-electron chi connectivity index (χ3n) is 3.05. The molecule has 0 aromatic carbocycles. The molecule has 2 rings (SSSR count). The van der Waals surface area contributed by atoms with E-state index in [9.17, 15) is 4.79 Å². The van der Waals surface area contributed by atoms with E-state index in [2.05, 4.69) is 11.9 Å². The largest absolute Gasteiger partial charge is 0.444 e. The van der Waals surface area contributed by atoms with E-state index >= 15 is 0 Å². The van der Waals surface area contributed by atoms with Crippen LogP contribution >= 0.6 is 0 Å². The predicted molar refractivity (Wildman–Crippen MR) is 78.5 cm³/mol. The third-order valence-corrected chi connectivity index (χ3v) is 3.05. The molecule has 0 aromatic heterocycles. The van der Waals surface area contributed by atoms with Crippen LogP contribution in [-0.4, -0.2) is 35.9 Å². The van der Waals surface area contributed by atoms with Gasteiger partial charge in [0.05, 0.1) is 0 Å². The lowest BCUT2D eigenvalue weighted by molar-refractivity contribution is 0.0288. The summed E-state index contributed by atoms with van der Waals surface area (Å²) in [7, 11) is 0. The van der Waals surface area contributed by atoms with E-state index in [0.717, 1.165) is 32.4 Å². The number of nitrogens with zero attached hydrogens (tertiary/aromatic N) is 2. The molecule has 1 saturated heterocycles. The second-order valence-corrected chi connectivity index (χ2v) is 5.94. The minimum absolute atomic E-state index is 0.159. The maximum atomic E-state index is 11.6. The van der Waals surface area contributed by atoms with Gasteiger partial charge in [-0.3, -0.25) is 4.99 Å². The molecule has 0 N–H and O–H groups in total. The first-order valence-electron chi connectivity index (χ1n) is 7.07. The van der Waals surface area contributed by atoms with Gasteiger partial charge >= 0.3 is 6.09 Å². The summed E-state index contributed by atoms with van der Waals surface area (Å²) in [5.41, 5.74) is -0.374. The van der Waals surface area contributed by atoms with Gasteiger partial charge in [-0.1, -0.05) is 19.4 Å². The van der Waals surface area contributed by atoms with E-state index in [4.69, 9.17) is 4.74 Å². The average molecular weight is 266 g/mol. The van der Waals surface area contributed by atoms with Crippen molar-refractivity contribution in [2.45, 2.75) is 52.6 Å². The van der Waals surface area contributed by atoms with E-state index in [0.29, 0.717) is 5.92 Å². The zero-order chi connectivity index (χ0) is 14.3. The van der Waals surface area contributed by atoms with Crippen molar-refractivity contribution in [3.8, 4) is 0 Å². The number of rotatable bonds is 1. The van der Waals surface area contributed by atoms with Crippen molar-refractivity contribution in [3.05, 3.63) is 12.3 Å². The number of hydrogen-bond donors (Lipinski definition) is 0. The summed E-state index contributed by atoms with van der Waals surface area (Å²) in [4.78, 5) is 17.2. The monoisotopic (exact) mass is 266 g/mol. The molecular formula is C15H26N2O2. The van der Waals surface area contributed by atoms with Crippen LogP contribution in [0.5, 0.6) is 0 Å². The summed E-state index contributed by atoms with van der Waals surface area (Å²) in [6, 6.07) is 0. The molecule has 2 heterocycles. The van der Waals surface area contributed by atoms with Gasteiger partial charge in [0.25, 0.3) is 0 Å². The molecule has 4 nitrogen and oxygen atoms in total. The number of amides is 1. The lowest BCUT2D eigenvalue weighted by Crippen LogP contribution is -2.35. The zero-order valence-electron chi connectivity index (χ0n) is 12.6. The number of carbonyl (C=O) groups excluding carboxylic acids is 1. The van der Waals surface area contributed by atoms with Crippen LogP contribution in [0.15, 0.2) is 17.3 Å². The quantitative estimate of drug-likeness (QED) is 0.727. The number of likely N-dealkylation sites (tertiary alicyclic amines) is 1. The minimum atomic E-state index is -0.374. The second kappa shape index (κ2) is 7.31. The van der Waals surface area contributed by atoms with Crippen molar-refractivity contribution < 1.29 is 9.53 Å². The summed E-state index contributed by atoms with van der Waals surface area (Å²) >= 11 is 0. The molecule has 2 aliphatic rings. The van der Waals surface area contributed by atoms with Crippen molar-refractivity contribution >= 4 is 12.3 Å². The third kappa shape index (κ3) is 6.41. The first-order valence-corrected chi connectivity index (χ1v) is 7.07. The summed E-state index contributed by atoms with van der Waals surface area (Å²) in [6.45, 7) is 9.59. The van der Waals surface area contributed by atoms with Crippen LogP contribution in [0.4, 0.5) is 4.79 Å². The summed E-state index contributed by atoms with van der Waals surface area (Å²) in [5, 5.41) is 0. The van der Waals surface area contributed by atoms with Crippen molar-refractivity contribution in [1.29, 1.82) is 0 Å². The van der Waals surface area contributed by atoms with Crippen LogP contribution in [0.1, 0.15) is 47.0 Å². The Hall–Kier alpha value is -1.32. The number of carbonyl (C=O) groups is 1. The maximum absolute atomic E-state index is 11.6. The van der Waals surface area contributed by atoms with Gasteiger partial charge in [-0.2, -0.15) is 0 Å². The highest BCUT2D eigenvalue weighted by Crippen LogP contribution is 2.21. The summed E-state index contributed by atoms with van der Waals surface area (Å²) < 4.78 is 5.30. The smallest absolute Gasteiger partial charge is 0.410 e. The van der Waals surface area contributed by atoms with Crippen molar-refractivity contribution in [2.24, 2.45) is 10.9 Å². The Morgan fingerprint density at radius 1 is 1.47 bits per heavy atom. The Kier molecular flexibility index (Phi) is 6.06. The lowest BCUT2D eigenvalue weighted by Gasteiger charge is -2.24. The van der Waals surface area contributed by atoms with Crippen LogP contribution < -0.4 is 0 Å². The molecule has 1 amide bonds. The lowest BCUT2D eigenvalue weighted by atomic mass is 10.1. The Labute approximate surface area is 116 Å². The minimum Gasteiger partial charge on any atom is -0.444 e. The Balaban J connectivity index is 0.000000300. The topological polar surface area (TPSA) is 41.9 Å². The fourth-order valence-electron chi connectivity index (χ4n) is 1.96. The first-order chi connectivity index (χ1) is 8.92. The second-order valence-electron chi connectivity index (χ2n) is 5.94. The molecule has 0 aliphatic carbocycles. The molecule has 2 aliphatic heterocycles. The highest BCUT2D eigenvalue weighted by molar-refractivity contribution is 5.68. The number of ether oxygens (including phenoxy) is 1. The molecule has 19 heavy (non-hydrogen) atoms. The van der Waals surface area contributed by atoms with Crippen LogP contribution in [0.2, 0.25) is 0 Å². The van der Waals surface area contributed by atoms with E-state index < -0.39 is 0 Å². The Morgan fingerprint density at radius 2 is 2.21 bits per heavy atom. The fraction of sp³-hybridized carbons (Fsp3) is 0.733. The normalized spacial score (nSPS) is 21.3. The highest BCUT2D eigenvalue weighted by atomic mass is 16.6. The predicted octanol–water partition coefficient (Wildman–Crippen LogP) is 3.63. The highest BCUT2D eigenvalue weighted by Gasteiger charge is 2.28. The van der Waals surface area contributed by atoms with Crippen molar-refractivity contribution in [2.75, 3.05) is 13.1 Å². The average Bonchev–Trinajstić information content (AvgIpc) is 3.01. The fourth-order valence-corrected chi connectivity index (χ4v) is 1.96. The zero-order valence-corrected chi connectivity index (χ0v) is 12.6. The van der Waals surface area contributed by atoms with E-state index in [1.165, 1.54) is 0 Å². The number of aliphatic imine (C=N–C) groups is 1. The molecule has 0 spiro atoms. The summed E-state index contributed by atoms with van der Waals surface area (Å²) in [5.74, 6) is 0.669. The number of allylic oxidation sites excluding steroid dienone is 1. The molecule has 0 aromatic rings. The van der Waals surface area contributed by atoms with Gasteiger partial charge in [-0.05, 0) is 33.1 Å². The van der Waals surface area contributed by atoms with Gasteiger partial charge in [-0.25, -0.2) is 4.79 Å². The van der Waals surface area contributed by atoms with Gasteiger partial charge in [0.1, 0.15) is 5.60 Å². The van der Waals surface area contributed by atoms with Gasteiger partial charge in [0.2, 0.25) is 0 Å². The van der Waals surface area contributed by atoms with E-state index in [1.54, 1.807) is 6.20 Å². The maximum Gasteiger partial charge on any atom is 0.410 e. The Morgan fingerprint density at radius 3 is 2.58 bits per heavy atom. The van der Waals surface area contributed by atoms with Gasteiger partial charge in [-0.15, -0.1) is 0 Å². The standard InChI is InChI=1S/C11H21NO2.C4H5N/c1-5-9-6-7-12(8-9)10(13)14-11(2,3)4;1-2-4-5-3-1/h9H,5-8H2,1-4H3;1,3-4H,2H2/t9-;/m1./s1. The molecule has 1 fully saturated rings. The molecule has 1 atom stereocenters. The van der Waals surface area contributed by atoms with Crippen LogP contribution in [0.3, 0.4) is 0 Å². The van der Waals surface area contributed by atoms with E-state index in [1.807, 2.05) is 38.0 Å². The molecule has 0 saturated carbocycles. The molecule has 0 unspecified atom stereocenters. The summed E-state index contributed by atoms with van der Waals surface area (Å²) in [6.07, 6.45) is 8.84. The molecule has 0 bridgehead atoms.